The van der Waals surface area contributed by atoms with Crippen LogP contribution in [0.3, 0.4) is 0 Å². The monoisotopic (exact) mass is 633 g/mol. The Labute approximate surface area is 247 Å². The summed E-state index contributed by atoms with van der Waals surface area (Å²) < 4.78 is 83.9. The van der Waals surface area contributed by atoms with E-state index in [1.165, 1.54) is 49.2 Å². The lowest BCUT2D eigenvalue weighted by atomic mass is 10.0. The van der Waals surface area contributed by atoms with Gasteiger partial charge in [0, 0.05) is 43.8 Å². The van der Waals surface area contributed by atoms with E-state index in [0.29, 0.717) is 43.3 Å². The predicted octanol–water partition coefficient (Wildman–Crippen LogP) is 5.06. The van der Waals surface area contributed by atoms with Crippen LogP contribution in [-0.2, 0) is 20.9 Å². The van der Waals surface area contributed by atoms with E-state index in [9.17, 15) is 40.7 Å². The molecule has 0 N–H and O–H groups in total. The number of carbonyl (C=O) groups excluding carboxylic acids is 3. The van der Waals surface area contributed by atoms with Crippen molar-refractivity contribution in [2.24, 2.45) is 0 Å². The van der Waals surface area contributed by atoms with Gasteiger partial charge in [0.2, 0.25) is 0 Å². The third-order valence-electron chi connectivity index (χ3n) is 7.03. The van der Waals surface area contributed by atoms with Crippen molar-refractivity contribution in [3.63, 3.8) is 0 Å². The molecule has 234 valence electrons. The summed E-state index contributed by atoms with van der Waals surface area (Å²) in [7, 11) is 0. The maximum atomic E-state index is 13.5. The summed E-state index contributed by atoms with van der Waals surface area (Å²) in [6.45, 7) is 5.24. The molecule has 2 aliphatic heterocycles. The van der Waals surface area contributed by atoms with Crippen molar-refractivity contribution < 1.29 is 45.5 Å². The molecule has 0 atom stereocenters. The zero-order valence-corrected chi connectivity index (χ0v) is 24.1. The minimum atomic E-state index is -5.15. The summed E-state index contributed by atoms with van der Waals surface area (Å²) in [5.74, 6) is -2.97. The molecule has 2 aliphatic rings. The summed E-state index contributed by atoms with van der Waals surface area (Å²) >= 11 is -0.336. The van der Waals surface area contributed by atoms with Crippen LogP contribution < -0.4 is 9.80 Å². The van der Waals surface area contributed by atoms with Gasteiger partial charge in [0.05, 0.1) is 18.9 Å². The quantitative estimate of drug-likeness (QED) is 0.217. The van der Waals surface area contributed by atoms with Crippen LogP contribution in [0.2, 0.25) is 0 Å². The molecule has 4 amide bonds. The van der Waals surface area contributed by atoms with Crippen molar-refractivity contribution in [1.29, 1.82) is 0 Å². The fourth-order valence-corrected chi connectivity index (χ4v) is 5.30. The molecule has 1 aromatic carbocycles. The summed E-state index contributed by atoms with van der Waals surface area (Å²) in [4.78, 5) is 47.5. The number of pyridine rings is 1. The summed E-state index contributed by atoms with van der Waals surface area (Å²) in [5.41, 5.74) is -5.54. The Hall–Kier alpha value is -3.37. The Morgan fingerprint density at radius 2 is 1.70 bits per heavy atom. The lowest BCUT2D eigenvalue weighted by molar-refractivity contribution is -0.170. The first kappa shape index (κ1) is 32.5. The van der Waals surface area contributed by atoms with Crippen molar-refractivity contribution >= 4 is 41.1 Å². The van der Waals surface area contributed by atoms with E-state index < -0.39 is 35.1 Å². The largest absolute Gasteiger partial charge is 0.471 e. The maximum Gasteiger partial charge on any atom is 0.471 e. The molecule has 2 aromatic rings. The number of amides is 4. The Morgan fingerprint density at radius 3 is 2.30 bits per heavy atom. The third-order valence-corrected chi connectivity index (χ3v) is 7.77. The van der Waals surface area contributed by atoms with Crippen molar-refractivity contribution in [2.45, 2.75) is 48.9 Å². The molecule has 9 nitrogen and oxygen atoms in total. The summed E-state index contributed by atoms with van der Waals surface area (Å²) in [6.07, 6.45) is -3.69. The average molecular weight is 634 g/mol. The zero-order chi connectivity index (χ0) is 31.6. The molecule has 0 aliphatic carbocycles. The number of benzene rings is 1. The number of nitrogens with zero attached hydrogens (tertiary/aromatic N) is 5. The van der Waals surface area contributed by atoms with Gasteiger partial charge in [0.15, 0.2) is 0 Å². The highest BCUT2D eigenvalue weighted by atomic mass is 32.2. The second-order valence-electron chi connectivity index (χ2n) is 10.4. The number of rotatable bonds is 9. The average Bonchev–Trinajstić information content (AvgIpc) is 3.10. The molecule has 0 unspecified atom stereocenters. The molecule has 16 heteroatoms. The van der Waals surface area contributed by atoms with Crippen molar-refractivity contribution in [1.82, 2.24) is 14.8 Å². The fraction of sp³-hybridized carbons (Fsp3) is 0.481. The van der Waals surface area contributed by atoms with E-state index in [0.717, 1.165) is 17.0 Å². The van der Waals surface area contributed by atoms with Crippen LogP contribution in [-0.4, -0.2) is 89.2 Å². The molecule has 0 saturated carbocycles. The molecule has 2 saturated heterocycles. The fourth-order valence-electron chi connectivity index (χ4n) is 4.77. The SMILES string of the molecule is CC1(C)C(=O)N(c2ccc(SC(F)(F)F)cc2)C(=O)N1Cc1ccnc(N(CCCN2CCOCC2)C(=O)C(F)(F)F)c1. The second-order valence-corrected chi connectivity index (χ2v) is 11.5. The summed E-state index contributed by atoms with van der Waals surface area (Å²) in [5, 5.41) is 0. The zero-order valence-electron chi connectivity index (χ0n) is 23.2. The summed E-state index contributed by atoms with van der Waals surface area (Å²) in [6, 6.07) is 6.69. The van der Waals surface area contributed by atoms with Crippen molar-refractivity contribution in [2.75, 3.05) is 49.2 Å². The van der Waals surface area contributed by atoms with Gasteiger partial charge in [-0.15, -0.1) is 0 Å². The van der Waals surface area contributed by atoms with Gasteiger partial charge in [-0.2, -0.15) is 26.3 Å². The van der Waals surface area contributed by atoms with Crippen molar-refractivity contribution in [3.8, 4) is 0 Å². The lowest BCUT2D eigenvalue weighted by Gasteiger charge is -2.29. The first-order valence-electron chi connectivity index (χ1n) is 13.2. The Bertz CT molecular complexity index is 1330. The van der Waals surface area contributed by atoms with Crippen LogP contribution in [0.1, 0.15) is 25.8 Å². The molecule has 43 heavy (non-hydrogen) atoms. The van der Waals surface area contributed by atoms with Crippen molar-refractivity contribution in [3.05, 3.63) is 48.2 Å². The lowest BCUT2D eigenvalue weighted by Crippen LogP contribution is -2.44. The maximum absolute atomic E-state index is 13.5. The number of hydrogen-bond acceptors (Lipinski definition) is 7. The number of carbonyl (C=O) groups is 3. The van der Waals surface area contributed by atoms with Crippen LogP contribution in [0.5, 0.6) is 0 Å². The number of imide groups is 1. The molecule has 0 spiro atoms. The third kappa shape index (κ3) is 7.78. The first-order chi connectivity index (χ1) is 20.1. The minimum Gasteiger partial charge on any atom is -0.379 e. The van der Waals surface area contributed by atoms with Gasteiger partial charge in [0.25, 0.3) is 5.91 Å². The Kier molecular flexibility index (Phi) is 9.61. The highest BCUT2D eigenvalue weighted by molar-refractivity contribution is 8.00. The van der Waals surface area contributed by atoms with Crippen LogP contribution in [0.25, 0.3) is 0 Å². The first-order valence-corrected chi connectivity index (χ1v) is 14.1. The number of ether oxygens (including phenoxy) is 1. The second kappa shape index (κ2) is 12.7. The van der Waals surface area contributed by atoms with E-state index in [1.54, 1.807) is 0 Å². The standard InChI is InChI=1S/C27H29F6N5O4S/c1-25(2)22(39)38(19-4-6-20(7-5-19)43-27(31,32)33)24(41)37(25)17-18-8-9-34-21(16-18)36(23(40)26(28,29)30)11-3-10-35-12-14-42-15-13-35/h4-9,16H,3,10-15,17H2,1-2H3. The highest BCUT2D eigenvalue weighted by Gasteiger charge is 2.52. The molecule has 1 aromatic heterocycles. The smallest absolute Gasteiger partial charge is 0.379 e. The normalized spacial score (nSPS) is 18.0. The van der Waals surface area contributed by atoms with Crippen LogP contribution >= 0.6 is 11.8 Å². The number of hydrogen-bond donors (Lipinski definition) is 0. The molecule has 4 rings (SSSR count). The number of anilines is 2. The molecular formula is C27H29F6N5O4S. The van der Waals surface area contributed by atoms with Gasteiger partial charge in [-0.1, -0.05) is 0 Å². The van der Waals surface area contributed by atoms with Gasteiger partial charge in [-0.3, -0.25) is 19.4 Å². The van der Waals surface area contributed by atoms with Gasteiger partial charge in [-0.05, 0) is 74.0 Å². The van der Waals surface area contributed by atoms with Gasteiger partial charge >= 0.3 is 23.6 Å². The number of halogens is 6. The molecule has 0 radical (unpaired) electrons. The van der Waals surface area contributed by atoms with E-state index in [-0.39, 0.29) is 47.7 Å². The van der Waals surface area contributed by atoms with E-state index in [1.807, 2.05) is 4.90 Å². The Morgan fingerprint density at radius 1 is 1.05 bits per heavy atom. The van der Waals surface area contributed by atoms with Gasteiger partial charge < -0.3 is 9.64 Å². The highest BCUT2D eigenvalue weighted by Crippen LogP contribution is 2.39. The van der Waals surface area contributed by atoms with Gasteiger partial charge in [0.1, 0.15) is 11.4 Å². The molecule has 2 fully saturated rings. The van der Waals surface area contributed by atoms with Crippen LogP contribution in [0.4, 0.5) is 42.6 Å². The molecular weight excluding hydrogens is 604 g/mol. The van der Waals surface area contributed by atoms with E-state index in [2.05, 4.69) is 4.98 Å². The van der Waals surface area contributed by atoms with Crippen LogP contribution in [0, 0.1) is 0 Å². The van der Waals surface area contributed by atoms with Gasteiger partial charge in [-0.25, -0.2) is 14.7 Å². The van der Waals surface area contributed by atoms with Crippen LogP contribution in [0.15, 0.2) is 47.5 Å². The number of thioether (sulfide) groups is 1. The predicted molar refractivity (Wildman–Crippen MR) is 145 cm³/mol. The molecule has 0 bridgehead atoms. The number of aromatic nitrogens is 1. The Balaban J connectivity index is 1.53. The van der Waals surface area contributed by atoms with E-state index in [4.69, 9.17) is 4.74 Å². The number of urea groups is 1. The van der Waals surface area contributed by atoms with E-state index >= 15 is 0 Å². The molecule has 3 heterocycles. The topological polar surface area (TPSA) is 86.3 Å². The minimum absolute atomic E-state index is 0.0646. The number of alkyl halides is 6. The number of morpholine rings is 1.